The first-order chi connectivity index (χ1) is 8.19. The molecule has 1 atom stereocenters. The van der Waals surface area contributed by atoms with Crippen molar-refractivity contribution in [3.8, 4) is 0 Å². The van der Waals surface area contributed by atoms with E-state index in [2.05, 4.69) is 43.2 Å². The molecule has 2 rings (SSSR count). The molecule has 1 unspecified atom stereocenters. The number of thiazole rings is 1. The molecule has 0 saturated heterocycles. The van der Waals surface area contributed by atoms with Crippen molar-refractivity contribution < 1.29 is 0 Å². The lowest BCUT2D eigenvalue weighted by atomic mass is 10.3. The van der Waals surface area contributed by atoms with E-state index in [0.717, 1.165) is 13.0 Å². The molecule has 0 amide bonds. The smallest absolute Gasteiger partial charge is 0.109 e. The summed E-state index contributed by atoms with van der Waals surface area (Å²) in [5.74, 6) is 0. The Morgan fingerprint density at radius 2 is 2.12 bits per heavy atom. The van der Waals surface area contributed by atoms with Crippen molar-refractivity contribution >= 4 is 22.7 Å². The zero-order chi connectivity index (χ0) is 12.3. The predicted molar refractivity (Wildman–Crippen MR) is 75.8 cm³/mol. The van der Waals surface area contributed by atoms with Crippen LogP contribution in [-0.2, 0) is 13.0 Å². The average molecular weight is 266 g/mol. The van der Waals surface area contributed by atoms with E-state index in [1.807, 2.05) is 28.9 Å². The molecule has 0 radical (unpaired) electrons. The van der Waals surface area contributed by atoms with Crippen LogP contribution in [0.5, 0.6) is 0 Å². The Morgan fingerprint density at radius 1 is 1.29 bits per heavy atom. The van der Waals surface area contributed by atoms with Gasteiger partial charge in [0.05, 0.1) is 6.04 Å². The minimum Gasteiger partial charge on any atom is -0.303 e. The normalized spacial score (nSPS) is 12.9. The highest BCUT2D eigenvalue weighted by atomic mass is 32.1. The summed E-state index contributed by atoms with van der Waals surface area (Å²) in [5.41, 5.74) is 0. The molecule has 0 bridgehead atoms. The lowest BCUT2D eigenvalue weighted by Crippen LogP contribution is -2.17. The number of aryl methyl sites for hydroxylation is 2. The number of rotatable bonds is 5. The van der Waals surface area contributed by atoms with Gasteiger partial charge in [0.2, 0.25) is 0 Å². The highest BCUT2D eigenvalue weighted by molar-refractivity contribution is 7.12. The largest absolute Gasteiger partial charge is 0.303 e. The molecule has 2 heterocycles. The monoisotopic (exact) mass is 266 g/mol. The molecule has 0 aliphatic carbocycles. The minimum absolute atomic E-state index is 0.336. The van der Waals surface area contributed by atoms with Gasteiger partial charge in [0, 0.05) is 27.4 Å². The van der Waals surface area contributed by atoms with Gasteiger partial charge >= 0.3 is 0 Å². The summed E-state index contributed by atoms with van der Waals surface area (Å²) in [7, 11) is 0. The molecule has 0 saturated carbocycles. The van der Waals surface area contributed by atoms with Crippen molar-refractivity contribution in [3.05, 3.63) is 38.0 Å². The van der Waals surface area contributed by atoms with Crippen LogP contribution in [0.4, 0.5) is 0 Å². The van der Waals surface area contributed by atoms with Crippen molar-refractivity contribution in [1.82, 2.24) is 10.3 Å². The highest BCUT2D eigenvalue weighted by Crippen LogP contribution is 2.21. The summed E-state index contributed by atoms with van der Waals surface area (Å²) in [6, 6.07) is 4.70. The summed E-state index contributed by atoms with van der Waals surface area (Å²) in [4.78, 5) is 8.59. The second-order valence-corrected chi connectivity index (χ2v) is 6.65. The summed E-state index contributed by atoms with van der Waals surface area (Å²) >= 11 is 3.67. The molecule has 2 aromatic heterocycles. The minimum atomic E-state index is 0.336. The fraction of sp³-hybridized carbons (Fsp3) is 0.462. The molecule has 92 valence electrons. The van der Waals surface area contributed by atoms with Crippen LogP contribution in [0.15, 0.2) is 18.3 Å². The molecule has 2 nitrogen and oxygen atoms in total. The number of hydrogen-bond donors (Lipinski definition) is 1. The first-order valence-electron chi connectivity index (χ1n) is 5.92. The third-order valence-corrected chi connectivity index (χ3v) is 4.99. The third kappa shape index (κ3) is 3.37. The predicted octanol–water partition coefficient (Wildman–Crippen LogP) is 3.93. The van der Waals surface area contributed by atoms with E-state index in [1.54, 1.807) is 0 Å². The molecule has 0 fully saturated rings. The molecular weight excluding hydrogens is 248 g/mol. The molecule has 0 spiro atoms. The Balaban J connectivity index is 1.90. The molecule has 0 aliphatic heterocycles. The van der Waals surface area contributed by atoms with Crippen molar-refractivity contribution in [2.24, 2.45) is 0 Å². The van der Waals surface area contributed by atoms with E-state index in [1.165, 1.54) is 19.6 Å². The Hall–Kier alpha value is -0.710. The van der Waals surface area contributed by atoms with E-state index in [4.69, 9.17) is 0 Å². The first kappa shape index (κ1) is 12.7. The van der Waals surface area contributed by atoms with Crippen LogP contribution in [0.2, 0.25) is 0 Å². The van der Waals surface area contributed by atoms with E-state index in [9.17, 15) is 0 Å². The third-order valence-electron chi connectivity index (χ3n) is 2.67. The number of nitrogens with one attached hydrogen (secondary N) is 1. The van der Waals surface area contributed by atoms with Gasteiger partial charge in [-0.25, -0.2) is 4.98 Å². The molecule has 0 aromatic carbocycles. The number of aromatic nitrogens is 1. The first-order valence-corrected chi connectivity index (χ1v) is 7.55. The Labute approximate surface area is 111 Å². The maximum Gasteiger partial charge on any atom is 0.109 e. The standard InChI is InChI=1S/C13H18N2S2/c1-4-11-7-15-13(17-11)10(3)14-8-12-6-5-9(2)16-12/h5-7,10,14H,4,8H2,1-3H3. The van der Waals surface area contributed by atoms with Crippen LogP contribution >= 0.6 is 22.7 Å². The van der Waals surface area contributed by atoms with Crippen LogP contribution in [0, 0.1) is 6.92 Å². The fourth-order valence-corrected chi connectivity index (χ4v) is 3.33. The molecule has 4 heteroatoms. The topological polar surface area (TPSA) is 24.9 Å². The Bertz CT molecular complexity index is 473. The van der Waals surface area contributed by atoms with Gasteiger partial charge in [0.1, 0.15) is 5.01 Å². The van der Waals surface area contributed by atoms with Crippen LogP contribution < -0.4 is 5.32 Å². The van der Waals surface area contributed by atoms with Gasteiger partial charge in [0.25, 0.3) is 0 Å². The van der Waals surface area contributed by atoms with Gasteiger partial charge in [0.15, 0.2) is 0 Å². The Morgan fingerprint density at radius 3 is 2.71 bits per heavy atom. The van der Waals surface area contributed by atoms with Gasteiger partial charge in [-0.2, -0.15) is 0 Å². The van der Waals surface area contributed by atoms with E-state index in [-0.39, 0.29) is 0 Å². The second kappa shape index (κ2) is 5.76. The van der Waals surface area contributed by atoms with Crippen LogP contribution in [0.3, 0.4) is 0 Å². The van der Waals surface area contributed by atoms with Gasteiger partial charge in [-0.15, -0.1) is 22.7 Å². The molecule has 1 N–H and O–H groups in total. The van der Waals surface area contributed by atoms with E-state index in [0.29, 0.717) is 6.04 Å². The number of nitrogens with zero attached hydrogens (tertiary/aromatic N) is 1. The van der Waals surface area contributed by atoms with Crippen molar-refractivity contribution in [2.45, 2.75) is 39.8 Å². The van der Waals surface area contributed by atoms with Crippen LogP contribution in [0.25, 0.3) is 0 Å². The lowest BCUT2D eigenvalue weighted by molar-refractivity contribution is 0.576. The van der Waals surface area contributed by atoms with Crippen LogP contribution in [0.1, 0.15) is 39.5 Å². The fourth-order valence-electron chi connectivity index (χ4n) is 1.61. The van der Waals surface area contributed by atoms with Gasteiger partial charge in [-0.05, 0) is 32.4 Å². The maximum absolute atomic E-state index is 4.46. The second-order valence-electron chi connectivity index (χ2n) is 4.13. The summed E-state index contributed by atoms with van der Waals surface area (Å²) in [5, 5.41) is 4.71. The van der Waals surface area contributed by atoms with Crippen molar-refractivity contribution in [2.75, 3.05) is 0 Å². The SMILES string of the molecule is CCc1cnc(C(C)NCc2ccc(C)s2)s1. The summed E-state index contributed by atoms with van der Waals surface area (Å²) in [6.07, 6.45) is 3.07. The summed E-state index contributed by atoms with van der Waals surface area (Å²) < 4.78 is 0. The van der Waals surface area contributed by atoms with Gasteiger partial charge in [-0.3, -0.25) is 0 Å². The zero-order valence-electron chi connectivity index (χ0n) is 10.5. The number of thiophene rings is 1. The average Bonchev–Trinajstić information content (AvgIpc) is 2.94. The molecule has 0 aliphatic rings. The van der Waals surface area contributed by atoms with Crippen molar-refractivity contribution in [3.63, 3.8) is 0 Å². The van der Waals surface area contributed by atoms with Crippen LogP contribution in [-0.4, -0.2) is 4.98 Å². The van der Waals surface area contributed by atoms with E-state index >= 15 is 0 Å². The van der Waals surface area contributed by atoms with Gasteiger partial charge in [-0.1, -0.05) is 6.92 Å². The maximum atomic E-state index is 4.46. The molecule has 17 heavy (non-hydrogen) atoms. The molecule has 2 aromatic rings. The number of hydrogen-bond acceptors (Lipinski definition) is 4. The lowest BCUT2D eigenvalue weighted by Gasteiger charge is -2.09. The van der Waals surface area contributed by atoms with Crippen molar-refractivity contribution in [1.29, 1.82) is 0 Å². The van der Waals surface area contributed by atoms with Gasteiger partial charge < -0.3 is 5.32 Å². The Kier molecular flexibility index (Phi) is 4.31. The summed E-state index contributed by atoms with van der Waals surface area (Å²) in [6.45, 7) is 7.43. The van der Waals surface area contributed by atoms with E-state index < -0.39 is 0 Å². The quantitative estimate of drug-likeness (QED) is 0.887. The highest BCUT2D eigenvalue weighted by Gasteiger charge is 2.09. The zero-order valence-corrected chi connectivity index (χ0v) is 12.1. The molecular formula is C13H18N2S2.